The first-order valence-corrected chi connectivity index (χ1v) is 11.2. The summed E-state index contributed by atoms with van der Waals surface area (Å²) in [6.45, 7) is 0.225. The van der Waals surface area contributed by atoms with Crippen molar-refractivity contribution in [2.24, 2.45) is 0 Å². The number of benzene rings is 3. The molecule has 3 aromatic carbocycles. The first-order chi connectivity index (χ1) is 16.1. The van der Waals surface area contributed by atoms with Gasteiger partial charge in [0.2, 0.25) is 5.91 Å². The quantitative estimate of drug-likeness (QED) is 0.382. The number of methoxy groups -OCH3 is 1. The Morgan fingerprint density at radius 3 is 2.64 bits per heavy atom. The lowest BCUT2D eigenvalue weighted by Crippen LogP contribution is -2.36. The Morgan fingerprint density at radius 2 is 1.82 bits per heavy atom. The van der Waals surface area contributed by atoms with Gasteiger partial charge in [0.25, 0.3) is 5.56 Å². The lowest BCUT2D eigenvalue weighted by molar-refractivity contribution is -0.119. The van der Waals surface area contributed by atoms with Crippen LogP contribution in [0.4, 0.5) is 5.13 Å². The number of rotatable bonds is 6. The van der Waals surface area contributed by atoms with E-state index in [4.69, 9.17) is 9.72 Å². The van der Waals surface area contributed by atoms with Gasteiger partial charge in [-0.25, -0.2) is 9.97 Å². The number of anilines is 1. The average Bonchev–Trinajstić information content (AvgIpc) is 3.27. The fourth-order valence-corrected chi connectivity index (χ4v) is 4.67. The molecule has 1 amide bonds. The maximum atomic E-state index is 13.6. The number of hydrogen-bond donors (Lipinski definition) is 0. The minimum atomic E-state index is -0.323. The molecule has 0 saturated carbocycles. The fourth-order valence-electron chi connectivity index (χ4n) is 3.66. The fraction of sp³-hybridized carbons (Fsp3) is 0.120. The summed E-state index contributed by atoms with van der Waals surface area (Å²) in [6.07, 6.45) is 1.25. The van der Waals surface area contributed by atoms with E-state index < -0.39 is 0 Å². The predicted octanol–water partition coefficient (Wildman–Crippen LogP) is 4.25. The van der Waals surface area contributed by atoms with Gasteiger partial charge >= 0.3 is 0 Å². The summed E-state index contributed by atoms with van der Waals surface area (Å²) in [7, 11) is 1.62. The van der Waals surface area contributed by atoms with E-state index in [1.54, 1.807) is 18.1 Å². The lowest BCUT2D eigenvalue weighted by Gasteiger charge is -2.21. The van der Waals surface area contributed by atoms with Crippen LogP contribution in [0.5, 0.6) is 5.75 Å². The third kappa shape index (κ3) is 4.20. The largest absolute Gasteiger partial charge is 0.497 e. The molecule has 0 atom stereocenters. The van der Waals surface area contributed by atoms with Gasteiger partial charge in [-0.15, -0.1) is 0 Å². The first kappa shape index (κ1) is 20.8. The monoisotopic (exact) mass is 456 g/mol. The van der Waals surface area contributed by atoms with Crippen LogP contribution < -0.4 is 15.2 Å². The van der Waals surface area contributed by atoms with E-state index in [2.05, 4.69) is 4.98 Å². The summed E-state index contributed by atoms with van der Waals surface area (Å²) >= 11 is 1.42. The molecule has 0 spiro atoms. The molecule has 5 aromatic rings. The van der Waals surface area contributed by atoms with E-state index in [0.717, 1.165) is 21.5 Å². The second-order valence-corrected chi connectivity index (χ2v) is 8.48. The molecule has 0 aliphatic heterocycles. The molecule has 0 unspecified atom stereocenters. The smallest absolute Gasteiger partial charge is 0.269 e. The van der Waals surface area contributed by atoms with Crippen molar-refractivity contribution in [2.75, 3.05) is 12.0 Å². The highest BCUT2D eigenvalue weighted by Crippen LogP contribution is 2.32. The molecule has 0 N–H and O–H groups in total. The third-order valence-electron chi connectivity index (χ3n) is 5.35. The van der Waals surface area contributed by atoms with Crippen LogP contribution in [0.3, 0.4) is 0 Å². The highest BCUT2D eigenvalue weighted by molar-refractivity contribution is 7.22. The van der Waals surface area contributed by atoms with Crippen molar-refractivity contribution < 1.29 is 9.53 Å². The van der Waals surface area contributed by atoms with Crippen LogP contribution in [-0.4, -0.2) is 27.6 Å². The third-order valence-corrected chi connectivity index (χ3v) is 6.39. The van der Waals surface area contributed by atoms with Gasteiger partial charge < -0.3 is 4.74 Å². The highest BCUT2D eigenvalue weighted by atomic mass is 32.1. The molecule has 0 radical (unpaired) electrons. The number of aromatic nitrogens is 3. The Hall–Kier alpha value is -4.04. The zero-order valence-corrected chi connectivity index (χ0v) is 18.7. The molecule has 0 aliphatic rings. The van der Waals surface area contributed by atoms with Crippen molar-refractivity contribution in [3.63, 3.8) is 0 Å². The van der Waals surface area contributed by atoms with E-state index >= 15 is 0 Å². The summed E-state index contributed by atoms with van der Waals surface area (Å²) in [5, 5.41) is 0.568. The summed E-state index contributed by atoms with van der Waals surface area (Å²) < 4.78 is 7.70. The van der Waals surface area contributed by atoms with Crippen LogP contribution in [0.25, 0.3) is 21.3 Å². The molecule has 8 heteroatoms. The number of hydrogen-bond acceptors (Lipinski definition) is 6. The van der Waals surface area contributed by atoms with Crippen molar-refractivity contribution in [1.29, 1.82) is 0 Å². The van der Waals surface area contributed by atoms with E-state index in [1.807, 2.05) is 66.7 Å². The Bertz CT molecular complexity index is 1510. The summed E-state index contributed by atoms with van der Waals surface area (Å²) in [5.74, 6) is 0.497. The van der Waals surface area contributed by atoms with Gasteiger partial charge in [0.15, 0.2) is 5.13 Å². The molecule has 7 nitrogen and oxygen atoms in total. The molecule has 2 heterocycles. The molecule has 2 aromatic heterocycles. The number of thiazole rings is 1. The normalized spacial score (nSPS) is 11.1. The Labute approximate surface area is 193 Å². The predicted molar refractivity (Wildman–Crippen MR) is 130 cm³/mol. The number of para-hydroxylation sites is 2. The SMILES string of the molecule is COc1ccc2nc(N(Cc3ccccc3)C(=O)Cn3c(=O)cnc4ccccc43)sc2c1. The molecule has 164 valence electrons. The summed E-state index contributed by atoms with van der Waals surface area (Å²) in [4.78, 5) is 36.7. The zero-order valence-electron chi connectivity index (χ0n) is 17.8. The van der Waals surface area contributed by atoms with Gasteiger partial charge in [-0.3, -0.25) is 19.1 Å². The topological polar surface area (TPSA) is 77.3 Å². The maximum absolute atomic E-state index is 13.6. The van der Waals surface area contributed by atoms with Crippen molar-refractivity contribution in [1.82, 2.24) is 14.5 Å². The van der Waals surface area contributed by atoms with Crippen LogP contribution in [-0.2, 0) is 17.9 Å². The van der Waals surface area contributed by atoms with Gasteiger partial charge in [0, 0.05) is 0 Å². The molecule has 0 saturated heterocycles. The van der Waals surface area contributed by atoms with E-state index in [1.165, 1.54) is 22.1 Å². The Kier molecular flexibility index (Phi) is 5.58. The number of nitrogens with zero attached hydrogens (tertiary/aromatic N) is 4. The van der Waals surface area contributed by atoms with Crippen molar-refractivity contribution in [2.45, 2.75) is 13.1 Å². The zero-order chi connectivity index (χ0) is 22.8. The molecule has 0 aliphatic carbocycles. The summed E-state index contributed by atoms with van der Waals surface area (Å²) in [6, 6.07) is 22.6. The molecule has 0 bridgehead atoms. The number of fused-ring (bicyclic) bond motifs is 2. The van der Waals surface area contributed by atoms with Crippen LogP contribution in [0.1, 0.15) is 5.56 Å². The number of ether oxygens (including phenoxy) is 1. The Balaban J connectivity index is 1.56. The molecule has 0 fully saturated rings. The number of carbonyl (C=O) groups excluding carboxylic acids is 1. The first-order valence-electron chi connectivity index (χ1n) is 10.4. The maximum Gasteiger partial charge on any atom is 0.269 e. The van der Waals surface area contributed by atoms with Crippen LogP contribution >= 0.6 is 11.3 Å². The van der Waals surface area contributed by atoms with E-state index in [0.29, 0.717) is 22.7 Å². The van der Waals surface area contributed by atoms with Crippen LogP contribution in [0, 0.1) is 0 Å². The highest BCUT2D eigenvalue weighted by Gasteiger charge is 2.22. The lowest BCUT2D eigenvalue weighted by atomic mass is 10.2. The number of carbonyl (C=O) groups is 1. The van der Waals surface area contributed by atoms with Gasteiger partial charge in [-0.1, -0.05) is 53.8 Å². The minimum Gasteiger partial charge on any atom is -0.497 e. The van der Waals surface area contributed by atoms with Gasteiger partial charge in [0.05, 0.1) is 41.1 Å². The second-order valence-electron chi connectivity index (χ2n) is 7.47. The van der Waals surface area contributed by atoms with Crippen molar-refractivity contribution >= 4 is 43.6 Å². The number of amides is 1. The molecule has 5 rings (SSSR count). The molecular formula is C25H20N4O3S. The van der Waals surface area contributed by atoms with Crippen LogP contribution in [0.2, 0.25) is 0 Å². The average molecular weight is 457 g/mol. The van der Waals surface area contributed by atoms with Gasteiger partial charge in [-0.2, -0.15) is 0 Å². The Morgan fingerprint density at radius 1 is 1.03 bits per heavy atom. The van der Waals surface area contributed by atoms with Crippen molar-refractivity contribution in [3.8, 4) is 5.75 Å². The minimum absolute atomic E-state index is 0.117. The second kappa shape index (κ2) is 8.84. The van der Waals surface area contributed by atoms with E-state index in [-0.39, 0.29) is 18.0 Å². The van der Waals surface area contributed by atoms with E-state index in [9.17, 15) is 9.59 Å². The standard InChI is InChI=1S/C25H20N4O3S/c1-32-18-11-12-20-22(13-18)33-25(27-20)29(15-17-7-3-2-4-8-17)24(31)16-28-21-10-6-5-9-19(21)26-14-23(28)30/h2-14H,15-16H2,1H3. The van der Waals surface area contributed by atoms with Crippen molar-refractivity contribution in [3.05, 3.63) is 94.9 Å². The van der Waals surface area contributed by atoms with Gasteiger partial charge in [0.1, 0.15) is 12.3 Å². The summed E-state index contributed by atoms with van der Waals surface area (Å²) in [5.41, 5.74) is 2.71. The van der Waals surface area contributed by atoms with Crippen LogP contribution in [0.15, 0.2) is 83.8 Å². The molecular weight excluding hydrogens is 436 g/mol. The van der Waals surface area contributed by atoms with Gasteiger partial charge in [-0.05, 0) is 35.9 Å². The molecule has 33 heavy (non-hydrogen) atoms.